The number of carbonyl (C=O) groups is 2. The molecule has 3 fully saturated rings. The van der Waals surface area contributed by atoms with Crippen LogP contribution in [0.2, 0.25) is 5.02 Å². The van der Waals surface area contributed by atoms with Crippen molar-refractivity contribution in [3.63, 3.8) is 0 Å². The molecule has 4 aliphatic carbocycles. The quantitative estimate of drug-likeness (QED) is 0.608. The van der Waals surface area contributed by atoms with Gasteiger partial charge >= 0.3 is 0 Å². The van der Waals surface area contributed by atoms with Crippen molar-refractivity contribution in [2.75, 3.05) is 6.61 Å². The molecule has 3 saturated carbocycles. The van der Waals surface area contributed by atoms with E-state index in [4.69, 9.17) is 16.3 Å². The van der Waals surface area contributed by atoms with Crippen LogP contribution in [-0.4, -0.2) is 45.8 Å². The summed E-state index contributed by atoms with van der Waals surface area (Å²) < 4.78 is 22.9. The van der Waals surface area contributed by atoms with Gasteiger partial charge in [0.25, 0.3) is 0 Å². The van der Waals surface area contributed by atoms with Gasteiger partial charge in [-0.15, -0.1) is 0 Å². The topological polar surface area (TPSA) is 83.8 Å². The average Bonchev–Trinajstić information content (AvgIpc) is 3.07. The molecule has 5 rings (SSSR count). The van der Waals surface area contributed by atoms with Crippen LogP contribution in [0.5, 0.6) is 5.75 Å². The Balaban J connectivity index is 1.43. The Labute approximate surface area is 210 Å². The summed E-state index contributed by atoms with van der Waals surface area (Å²) in [6.45, 7) is 5.20. The van der Waals surface area contributed by atoms with Crippen molar-refractivity contribution in [1.82, 2.24) is 0 Å². The Morgan fingerprint density at radius 3 is 2.69 bits per heavy atom. The molecular weight excluding hydrogens is 471 g/mol. The van der Waals surface area contributed by atoms with Gasteiger partial charge in [-0.25, -0.2) is 4.39 Å². The molecule has 2 N–H and O–H groups in total. The number of ketones is 2. The van der Waals surface area contributed by atoms with E-state index in [9.17, 15) is 19.8 Å². The number of halogens is 2. The van der Waals surface area contributed by atoms with E-state index in [-0.39, 0.29) is 37.6 Å². The van der Waals surface area contributed by atoms with E-state index in [2.05, 4.69) is 0 Å². The van der Waals surface area contributed by atoms with Crippen LogP contribution in [0.15, 0.2) is 29.8 Å². The third kappa shape index (κ3) is 3.32. The first-order chi connectivity index (χ1) is 16.4. The molecule has 1 aromatic rings. The summed E-state index contributed by atoms with van der Waals surface area (Å²) in [4.78, 5) is 25.5. The minimum Gasteiger partial charge on any atom is -0.484 e. The number of aliphatic hydroxyl groups excluding tert-OH is 1. The highest BCUT2D eigenvalue weighted by Crippen LogP contribution is 2.70. The van der Waals surface area contributed by atoms with Crippen LogP contribution in [0.25, 0.3) is 0 Å². The number of alkyl halides is 1. The van der Waals surface area contributed by atoms with E-state index in [1.807, 2.05) is 26.8 Å². The molecule has 7 atom stereocenters. The van der Waals surface area contributed by atoms with E-state index in [1.165, 1.54) is 0 Å². The summed E-state index contributed by atoms with van der Waals surface area (Å²) >= 11 is 6.20. The average molecular weight is 505 g/mol. The number of rotatable bonds is 4. The molecule has 190 valence electrons. The second kappa shape index (κ2) is 8.12. The number of fused-ring (bicyclic) bond motifs is 5. The number of aliphatic hydroxyl groups is 2. The highest BCUT2D eigenvalue weighted by Gasteiger charge is 2.74. The third-order valence-electron chi connectivity index (χ3n) is 10.1. The molecule has 0 aromatic heterocycles. The maximum Gasteiger partial charge on any atom is 0.202 e. The van der Waals surface area contributed by atoms with Gasteiger partial charge < -0.3 is 14.9 Å². The smallest absolute Gasteiger partial charge is 0.202 e. The number of benzene rings is 1. The molecule has 1 aromatic carbocycles. The number of Topliss-reactive ketones (excluding diaryl/α,β-unsaturated/α-hetero) is 1. The van der Waals surface area contributed by atoms with Gasteiger partial charge in [-0.2, -0.15) is 0 Å². The summed E-state index contributed by atoms with van der Waals surface area (Å²) in [6, 6.07) is 5.28. The van der Waals surface area contributed by atoms with Crippen LogP contribution in [0.4, 0.5) is 4.39 Å². The van der Waals surface area contributed by atoms with E-state index in [0.717, 1.165) is 11.1 Å². The highest BCUT2D eigenvalue weighted by molar-refractivity contribution is 6.32. The zero-order valence-electron chi connectivity index (χ0n) is 20.6. The molecule has 4 unspecified atom stereocenters. The van der Waals surface area contributed by atoms with Crippen LogP contribution in [0.3, 0.4) is 0 Å². The summed E-state index contributed by atoms with van der Waals surface area (Å²) in [5.74, 6) is -0.834. The lowest BCUT2D eigenvalue weighted by atomic mass is 9.44. The van der Waals surface area contributed by atoms with E-state index >= 15 is 4.39 Å². The lowest BCUT2D eigenvalue weighted by Gasteiger charge is -2.63. The van der Waals surface area contributed by atoms with Crippen molar-refractivity contribution in [2.24, 2.45) is 22.7 Å². The van der Waals surface area contributed by atoms with Gasteiger partial charge in [-0.1, -0.05) is 37.1 Å². The van der Waals surface area contributed by atoms with E-state index in [1.54, 1.807) is 18.2 Å². The van der Waals surface area contributed by atoms with Gasteiger partial charge in [0, 0.05) is 23.2 Å². The zero-order valence-corrected chi connectivity index (χ0v) is 21.3. The number of hydrogen-bond donors (Lipinski definition) is 2. The van der Waals surface area contributed by atoms with Gasteiger partial charge in [0.05, 0.1) is 11.1 Å². The maximum absolute atomic E-state index is 17.2. The zero-order chi connectivity index (χ0) is 25.4. The van der Waals surface area contributed by atoms with Gasteiger partial charge in [-0.3, -0.25) is 9.59 Å². The minimum absolute atomic E-state index is 0.0178. The normalized spacial score (nSPS) is 42.5. The van der Waals surface area contributed by atoms with Crippen molar-refractivity contribution in [3.05, 3.63) is 40.4 Å². The van der Waals surface area contributed by atoms with Crippen molar-refractivity contribution >= 4 is 23.2 Å². The summed E-state index contributed by atoms with van der Waals surface area (Å²) in [6.07, 6.45) is 2.66. The molecule has 0 aliphatic heterocycles. The maximum atomic E-state index is 17.2. The molecule has 4 aliphatic rings. The van der Waals surface area contributed by atoms with Crippen LogP contribution in [-0.2, 0) is 9.59 Å². The molecule has 0 bridgehead atoms. The predicted molar refractivity (Wildman–Crippen MR) is 130 cm³/mol. The number of aryl methyl sites for hydroxylation is 1. The van der Waals surface area contributed by atoms with Crippen LogP contribution in [0.1, 0.15) is 64.4 Å². The summed E-state index contributed by atoms with van der Waals surface area (Å²) in [5.41, 5.74) is -3.80. The Morgan fingerprint density at radius 2 is 1.94 bits per heavy atom. The fourth-order valence-electron chi connectivity index (χ4n) is 8.02. The molecule has 0 amide bonds. The predicted octanol–water partition coefficient (Wildman–Crippen LogP) is 4.92. The molecule has 5 nitrogen and oxygen atoms in total. The van der Waals surface area contributed by atoms with Crippen molar-refractivity contribution in [1.29, 1.82) is 0 Å². The van der Waals surface area contributed by atoms with Crippen LogP contribution < -0.4 is 4.74 Å². The van der Waals surface area contributed by atoms with Gasteiger partial charge in [-0.05, 0) is 75.1 Å². The fraction of sp³-hybridized carbons (Fsp3) is 0.643. The first-order valence-corrected chi connectivity index (χ1v) is 13.0. The molecule has 7 heteroatoms. The van der Waals surface area contributed by atoms with Gasteiger partial charge in [0.15, 0.2) is 5.78 Å². The second-order valence-electron chi connectivity index (χ2n) is 11.7. The fourth-order valence-corrected chi connectivity index (χ4v) is 8.19. The molecule has 0 saturated heterocycles. The Bertz CT molecular complexity index is 1120. The standard InChI is InChI=1S/C28H34ClFO5/c1-16-4-7-21(29)22(12-16)35-15-24(33)27(34)11-9-19-20-6-5-17-13-18(31)8-10-25(17,2)28(20,30)23(32)14-26(19,27)3/h4,7,12-13,19-20,23,32,34H,5-6,8-11,14-15H2,1-3H3/t19?,20?,23-,25?,26?,27-,28-/m0/s1. The number of allylic oxidation sites excluding steroid dienone is 1. The Hall–Kier alpha value is -1.76. The van der Waals surface area contributed by atoms with E-state index in [0.29, 0.717) is 36.5 Å². The van der Waals surface area contributed by atoms with Crippen LogP contribution in [0, 0.1) is 29.6 Å². The minimum atomic E-state index is -1.90. The SMILES string of the molecule is Cc1ccc(Cl)c(OCC(=O)[C@@]2(O)CCC3C4CCC5=CC(=O)CCC5(C)[C@@]4(F)[C@@H](O)CC32C)c1. The molecule has 0 spiro atoms. The third-order valence-corrected chi connectivity index (χ3v) is 10.4. The van der Waals surface area contributed by atoms with Gasteiger partial charge in [0.1, 0.15) is 23.6 Å². The highest BCUT2D eigenvalue weighted by atomic mass is 35.5. The van der Waals surface area contributed by atoms with Crippen LogP contribution >= 0.6 is 11.6 Å². The van der Waals surface area contributed by atoms with Gasteiger partial charge in [0.2, 0.25) is 5.78 Å². The second-order valence-corrected chi connectivity index (χ2v) is 12.1. The van der Waals surface area contributed by atoms with Crippen molar-refractivity contribution in [2.45, 2.75) is 83.1 Å². The van der Waals surface area contributed by atoms with Crippen molar-refractivity contribution in [3.8, 4) is 5.75 Å². The summed E-state index contributed by atoms with van der Waals surface area (Å²) in [5, 5.41) is 23.5. The Morgan fingerprint density at radius 1 is 1.20 bits per heavy atom. The molecular formula is C28H34ClFO5. The first-order valence-electron chi connectivity index (χ1n) is 12.6. The van der Waals surface area contributed by atoms with Crippen molar-refractivity contribution < 1.29 is 28.9 Å². The Kier molecular flexibility index (Phi) is 5.78. The lowest BCUT2D eigenvalue weighted by molar-refractivity contribution is -0.226. The lowest BCUT2D eigenvalue weighted by Crippen LogP contribution is -2.69. The largest absolute Gasteiger partial charge is 0.484 e. The molecule has 0 radical (unpaired) electrons. The summed E-state index contributed by atoms with van der Waals surface area (Å²) in [7, 11) is 0. The number of hydrogen-bond acceptors (Lipinski definition) is 5. The number of ether oxygens (including phenoxy) is 1. The first kappa shape index (κ1) is 24.9. The molecule has 0 heterocycles. The molecule has 35 heavy (non-hydrogen) atoms. The monoisotopic (exact) mass is 504 g/mol. The number of carbonyl (C=O) groups excluding carboxylic acids is 2. The van der Waals surface area contributed by atoms with E-state index < -0.39 is 39.9 Å².